The van der Waals surface area contributed by atoms with Gasteiger partial charge < -0.3 is 5.32 Å². The van der Waals surface area contributed by atoms with Gasteiger partial charge in [-0.15, -0.1) is 0 Å². The van der Waals surface area contributed by atoms with Crippen LogP contribution >= 0.6 is 23.2 Å². The number of rotatable bonds is 5. The number of aromatic nitrogens is 2. The number of aryl methyl sites for hydroxylation is 1. The van der Waals surface area contributed by atoms with Crippen molar-refractivity contribution in [3.8, 4) is 22.4 Å². The van der Waals surface area contributed by atoms with Gasteiger partial charge in [0.25, 0.3) is 5.56 Å². The number of nitrogens with one attached hydrogen (secondary N) is 1. The summed E-state index contributed by atoms with van der Waals surface area (Å²) in [4.78, 5) is 22.5. The van der Waals surface area contributed by atoms with Gasteiger partial charge in [-0.1, -0.05) is 61.3 Å². The molecule has 0 atom stereocenters. The molecule has 0 aliphatic heterocycles. The fourth-order valence-corrected chi connectivity index (χ4v) is 4.54. The molecule has 7 heteroatoms. The van der Waals surface area contributed by atoms with Crippen LogP contribution in [-0.2, 0) is 6.54 Å². The van der Waals surface area contributed by atoms with Crippen molar-refractivity contribution < 1.29 is 0 Å². The fraction of sp³-hybridized carbons (Fsp3) is 0.276. The van der Waals surface area contributed by atoms with Crippen molar-refractivity contribution in [3.05, 3.63) is 80.1 Å². The van der Waals surface area contributed by atoms with Gasteiger partial charge in [-0.2, -0.15) is 0 Å². The third kappa shape index (κ3) is 5.70. The molecule has 4 rings (SSSR count). The quantitative estimate of drug-likeness (QED) is 0.276. The highest BCUT2D eigenvalue weighted by Gasteiger charge is 2.20. The van der Waals surface area contributed by atoms with Gasteiger partial charge in [0.05, 0.1) is 16.4 Å². The number of halogens is 2. The van der Waals surface area contributed by atoms with Crippen molar-refractivity contribution in [2.24, 2.45) is 10.9 Å². The molecule has 2 aromatic carbocycles. The van der Waals surface area contributed by atoms with Crippen LogP contribution in [0.3, 0.4) is 0 Å². The first-order valence-electron chi connectivity index (χ1n) is 11.8. The lowest BCUT2D eigenvalue weighted by Crippen LogP contribution is -2.25. The van der Waals surface area contributed by atoms with Crippen LogP contribution in [0.5, 0.6) is 0 Å². The van der Waals surface area contributed by atoms with Gasteiger partial charge in [-0.05, 0) is 76.0 Å². The first-order chi connectivity index (χ1) is 17.1. The first kappa shape index (κ1) is 27.6. The Morgan fingerprint density at radius 2 is 1.67 bits per heavy atom. The topological polar surface area (TPSA) is 59.3 Å². The molecule has 0 aliphatic rings. The molecule has 1 N–H and O–H groups in total. The molecule has 0 radical (unpaired) electrons. The van der Waals surface area contributed by atoms with E-state index in [0.29, 0.717) is 39.2 Å². The van der Waals surface area contributed by atoms with Crippen molar-refractivity contribution in [1.82, 2.24) is 14.9 Å². The van der Waals surface area contributed by atoms with Crippen LogP contribution in [-0.4, -0.2) is 30.4 Å². The van der Waals surface area contributed by atoms with E-state index in [2.05, 4.69) is 30.9 Å². The van der Waals surface area contributed by atoms with E-state index >= 15 is 0 Å². The van der Waals surface area contributed by atoms with E-state index in [-0.39, 0.29) is 11.5 Å². The molecule has 0 saturated heterocycles. The molecule has 188 valence electrons. The van der Waals surface area contributed by atoms with Crippen molar-refractivity contribution >= 4 is 46.6 Å². The lowest BCUT2D eigenvalue weighted by atomic mass is 9.96. The van der Waals surface area contributed by atoms with Crippen LogP contribution in [0.2, 0.25) is 10.0 Å². The molecule has 0 spiro atoms. The zero-order chi connectivity index (χ0) is 26.6. The summed E-state index contributed by atoms with van der Waals surface area (Å²) < 4.78 is 1.74. The van der Waals surface area contributed by atoms with Crippen LogP contribution in [0.25, 0.3) is 33.4 Å². The first-order valence-corrected chi connectivity index (χ1v) is 12.5. The summed E-state index contributed by atoms with van der Waals surface area (Å²) >= 11 is 12.8. The van der Waals surface area contributed by atoms with E-state index < -0.39 is 0 Å². The van der Waals surface area contributed by atoms with Gasteiger partial charge in [0.15, 0.2) is 0 Å². The number of fused-ring (bicyclic) bond motifs is 1. The Balaban J connectivity index is 0.00000115. The molecule has 2 aromatic heterocycles. The molecule has 0 fully saturated rings. The third-order valence-electron chi connectivity index (χ3n) is 5.68. The largest absolute Gasteiger partial charge is 0.323 e. The van der Waals surface area contributed by atoms with Gasteiger partial charge in [0.2, 0.25) is 0 Å². The molecule has 0 bridgehead atoms. The molecular formula is C29H32Cl2N4O. The molecular weight excluding hydrogens is 491 g/mol. The summed E-state index contributed by atoms with van der Waals surface area (Å²) in [5.74, 6) is 0.261. The van der Waals surface area contributed by atoms with Crippen LogP contribution in [0.1, 0.15) is 25.0 Å². The lowest BCUT2D eigenvalue weighted by molar-refractivity contribution is 0.520. The Labute approximate surface area is 222 Å². The molecule has 36 heavy (non-hydrogen) atoms. The number of hydrogen-bond acceptors (Lipinski definition) is 4. The number of pyridine rings is 2. The average Bonchev–Trinajstić information content (AvgIpc) is 2.83. The normalized spacial score (nSPS) is 10.9. The number of nitrogens with zero attached hydrogens (tertiary/aromatic N) is 3. The molecule has 5 nitrogen and oxygen atoms in total. The maximum Gasteiger partial charge on any atom is 0.257 e. The van der Waals surface area contributed by atoms with E-state index in [1.165, 1.54) is 0 Å². The van der Waals surface area contributed by atoms with E-state index in [0.717, 1.165) is 27.6 Å². The van der Waals surface area contributed by atoms with Gasteiger partial charge >= 0.3 is 0 Å². The Morgan fingerprint density at radius 3 is 2.22 bits per heavy atom. The van der Waals surface area contributed by atoms with E-state index in [1.54, 1.807) is 11.5 Å². The molecule has 0 amide bonds. The Kier molecular flexibility index (Phi) is 9.07. The maximum atomic E-state index is 13.2. The highest BCUT2D eigenvalue weighted by molar-refractivity contribution is 6.33. The maximum absolute atomic E-state index is 13.2. The monoisotopic (exact) mass is 522 g/mol. The van der Waals surface area contributed by atoms with Gasteiger partial charge in [-0.25, -0.2) is 4.98 Å². The van der Waals surface area contributed by atoms with Crippen molar-refractivity contribution in [2.45, 2.75) is 34.2 Å². The third-order valence-corrected chi connectivity index (χ3v) is 6.24. The van der Waals surface area contributed by atoms with E-state index in [1.807, 2.05) is 69.6 Å². The summed E-state index contributed by atoms with van der Waals surface area (Å²) in [7, 11) is 3.75. The standard InChI is InChI=1S/C27H25Cl2N3O.C2H7N/c1-15(2)14-32-26-22(24(30-5)17(4)27(32)33)13-21(18-7-9-19(28)10-8-18)25(31-26)20-11-6-16(3)12-23(20)29;1-3-2/h6-13,15H,5,14H2,1-4H3;3H,1-2H3. The van der Waals surface area contributed by atoms with Crippen molar-refractivity contribution in [2.75, 3.05) is 14.1 Å². The molecule has 2 heterocycles. The summed E-state index contributed by atoms with van der Waals surface area (Å²) in [6, 6.07) is 15.5. The van der Waals surface area contributed by atoms with Crippen LogP contribution in [0, 0.1) is 19.8 Å². The second-order valence-corrected chi connectivity index (χ2v) is 10.0. The zero-order valence-corrected chi connectivity index (χ0v) is 23.1. The number of aliphatic imine (C=N–C) groups is 1. The smallest absolute Gasteiger partial charge is 0.257 e. The second kappa shape index (κ2) is 11.8. The van der Waals surface area contributed by atoms with Crippen LogP contribution in [0.15, 0.2) is 58.3 Å². The Morgan fingerprint density at radius 1 is 1.03 bits per heavy atom. The molecule has 0 saturated carbocycles. The fourth-order valence-electron chi connectivity index (χ4n) is 4.09. The number of benzene rings is 2. The highest BCUT2D eigenvalue weighted by Crippen LogP contribution is 2.39. The SMILES string of the molecule is C=Nc1c(C)c(=O)n(CC(C)C)c2nc(-c3ccc(C)cc3Cl)c(-c3ccc(Cl)cc3)cc12.CNC. The molecule has 0 unspecified atom stereocenters. The minimum Gasteiger partial charge on any atom is -0.323 e. The average molecular weight is 524 g/mol. The predicted molar refractivity (Wildman–Crippen MR) is 155 cm³/mol. The second-order valence-electron chi connectivity index (χ2n) is 9.19. The summed E-state index contributed by atoms with van der Waals surface area (Å²) in [5.41, 5.74) is 5.96. The lowest BCUT2D eigenvalue weighted by Gasteiger charge is -2.19. The Hall–Kier alpha value is -2.99. The van der Waals surface area contributed by atoms with Crippen LogP contribution < -0.4 is 10.9 Å². The minimum atomic E-state index is -0.105. The molecule has 0 aliphatic carbocycles. The minimum absolute atomic E-state index is 0.105. The molecule has 4 aromatic rings. The highest BCUT2D eigenvalue weighted by atomic mass is 35.5. The summed E-state index contributed by atoms with van der Waals surface area (Å²) in [5, 5.41) is 4.78. The van der Waals surface area contributed by atoms with Crippen molar-refractivity contribution in [3.63, 3.8) is 0 Å². The van der Waals surface area contributed by atoms with E-state index in [9.17, 15) is 4.79 Å². The van der Waals surface area contributed by atoms with Gasteiger partial charge in [-0.3, -0.25) is 14.4 Å². The van der Waals surface area contributed by atoms with Gasteiger partial charge in [0.1, 0.15) is 5.65 Å². The van der Waals surface area contributed by atoms with E-state index in [4.69, 9.17) is 28.2 Å². The summed E-state index contributed by atoms with van der Waals surface area (Å²) in [6.45, 7) is 12.2. The summed E-state index contributed by atoms with van der Waals surface area (Å²) in [6.07, 6.45) is 0. The Bertz CT molecular complexity index is 1460. The van der Waals surface area contributed by atoms with Crippen LogP contribution in [0.4, 0.5) is 5.69 Å². The predicted octanol–water partition coefficient (Wildman–Crippen LogP) is 7.48. The van der Waals surface area contributed by atoms with Gasteiger partial charge in [0, 0.05) is 33.6 Å². The van der Waals surface area contributed by atoms with Crippen molar-refractivity contribution in [1.29, 1.82) is 0 Å². The zero-order valence-electron chi connectivity index (χ0n) is 21.6. The number of hydrogen-bond donors (Lipinski definition) is 1.